The molecule has 0 aromatic carbocycles. The second kappa shape index (κ2) is 7.57. The van der Waals surface area contributed by atoms with Crippen LogP contribution in [0.5, 0.6) is 0 Å². The normalized spacial score (nSPS) is 10.2. The highest BCUT2D eigenvalue weighted by atomic mass is 35.6. The van der Waals surface area contributed by atoms with Crippen molar-refractivity contribution >= 4 is 18.5 Å². The minimum absolute atomic E-state index is 0.844. The summed E-state index contributed by atoms with van der Waals surface area (Å²) in [4.78, 5) is 0. The third-order valence-corrected chi connectivity index (χ3v) is 0.408. The fourth-order valence-electron chi connectivity index (χ4n) is 0.204. The SMILES string of the molecule is CCOCC.C[Si](C)(C)Cl. The molecule has 0 atom stereocenters. The quantitative estimate of drug-likeness (QED) is 0.471. The predicted molar refractivity (Wildman–Crippen MR) is 51.4 cm³/mol. The Morgan fingerprint density at radius 2 is 1.30 bits per heavy atom. The first-order chi connectivity index (χ1) is 4.41. The van der Waals surface area contributed by atoms with E-state index in [0.29, 0.717) is 0 Å². The summed E-state index contributed by atoms with van der Waals surface area (Å²) < 4.78 is 4.83. The zero-order valence-electron chi connectivity index (χ0n) is 7.70. The fourth-order valence-corrected chi connectivity index (χ4v) is 0.204. The van der Waals surface area contributed by atoms with Gasteiger partial charge in [0.1, 0.15) is 7.38 Å². The van der Waals surface area contributed by atoms with E-state index in [2.05, 4.69) is 19.6 Å². The van der Waals surface area contributed by atoms with Crippen molar-refractivity contribution < 1.29 is 4.74 Å². The average molecular weight is 183 g/mol. The molecule has 0 aliphatic heterocycles. The van der Waals surface area contributed by atoms with Gasteiger partial charge in [-0.3, -0.25) is 0 Å². The molecule has 3 heteroatoms. The van der Waals surface area contributed by atoms with Crippen molar-refractivity contribution in [1.29, 1.82) is 0 Å². The first-order valence-electron chi connectivity index (χ1n) is 3.68. The molecule has 0 rings (SSSR count). The van der Waals surface area contributed by atoms with Crippen LogP contribution in [0.1, 0.15) is 13.8 Å². The molecule has 0 aliphatic carbocycles. The minimum Gasteiger partial charge on any atom is -0.382 e. The molecule has 0 saturated heterocycles. The molecule has 0 spiro atoms. The van der Waals surface area contributed by atoms with Gasteiger partial charge in [-0.1, -0.05) is 19.6 Å². The van der Waals surface area contributed by atoms with Gasteiger partial charge < -0.3 is 4.74 Å². The lowest BCUT2D eigenvalue weighted by atomic mass is 10.8. The molecule has 64 valence electrons. The number of hydrogen-bond donors (Lipinski definition) is 0. The van der Waals surface area contributed by atoms with Crippen LogP contribution in [-0.2, 0) is 4.74 Å². The summed E-state index contributed by atoms with van der Waals surface area (Å²) in [6, 6.07) is 0. The van der Waals surface area contributed by atoms with E-state index in [0.717, 1.165) is 13.2 Å². The summed E-state index contributed by atoms with van der Waals surface area (Å²) >= 11 is 5.67. The standard InChI is InChI=1S/C4H10O.C3H9ClSi/c1-3-5-4-2;1-5(2,3)4/h3-4H2,1-2H3;1-3H3. The van der Waals surface area contributed by atoms with Crippen LogP contribution in [-0.4, -0.2) is 20.6 Å². The number of halogens is 1. The summed E-state index contributed by atoms with van der Waals surface area (Å²) in [5.74, 6) is 0. The first-order valence-corrected chi connectivity index (χ1v) is 8.19. The zero-order valence-corrected chi connectivity index (χ0v) is 9.46. The number of rotatable bonds is 2. The maximum absolute atomic E-state index is 5.67. The molecule has 0 unspecified atom stereocenters. The highest BCUT2D eigenvalue weighted by Crippen LogP contribution is 2.03. The zero-order chi connectivity index (χ0) is 8.62. The lowest BCUT2D eigenvalue weighted by molar-refractivity contribution is 0.162. The van der Waals surface area contributed by atoms with Gasteiger partial charge in [0.25, 0.3) is 0 Å². The first kappa shape index (κ1) is 13.1. The van der Waals surface area contributed by atoms with Crippen LogP contribution in [0.3, 0.4) is 0 Å². The van der Waals surface area contributed by atoms with Gasteiger partial charge in [0, 0.05) is 13.2 Å². The lowest BCUT2D eigenvalue weighted by Crippen LogP contribution is -2.06. The molecule has 10 heavy (non-hydrogen) atoms. The van der Waals surface area contributed by atoms with Crippen LogP contribution in [0.2, 0.25) is 19.6 Å². The molecule has 0 aromatic rings. The minimum atomic E-state index is -1.14. The van der Waals surface area contributed by atoms with Crippen molar-refractivity contribution in [3.63, 3.8) is 0 Å². The Kier molecular flexibility index (Phi) is 9.91. The van der Waals surface area contributed by atoms with E-state index >= 15 is 0 Å². The molecule has 0 bridgehead atoms. The van der Waals surface area contributed by atoms with Gasteiger partial charge in [0.15, 0.2) is 0 Å². The van der Waals surface area contributed by atoms with Crippen LogP contribution in [0.25, 0.3) is 0 Å². The summed E-state index contributed by atoms with van der Waals surface area (Å²) in [7, 11) is -1.14. The Bertz CT molecular complexity index is 53.1. The van der Waals surface area contributed by atoms with Gasteiger partial charge in [-0.15, -0.1) is 0 Å². The van der Waals surface area contributed by atoms with Crippen molar-refractivity contribution in [1.82, 2.24) is 0 Å². The van der Waals surface area contributed by atoms with Gasteiger partial charge in [-0.05, 0) is 13.8 Å². The molecule has 0 N–H and O–H groups in total. The molecule has 0 amide bonds. The second-order valence-electron chi connectivity index (χ2n) is 2.85. The number of hydrogen-bond acceptors (Lipinski definition) is 1. The second-order valence-corrected chi connectivity index (χ2v) is 10.4. The average Bonchev–Trinajstić information content (AvgIpc) is 1.63. The fraction of sp³-hybridized carbons (Fsp3) is 1.00. The van der Waals surface area contributed by atoms with Crippen LogP contribution in [0.15, 0.2) is 0 Å². The van der Waals surface area contributed by atoms with Crippen LogP contribution in [0.4, 0.5) is 0 Å². The van der Waals surface area contributed by atoms with Crippen molar-refractivity contribution in [3.8, 4) is 0 Å². The van der Waals surface area contributed by atoms with E-state index in [9.17, 15) is 0 Å². The van der Waals surface area contributed by atoms with Gasteiger partial charge in [-0.2, -0.15) is 11.1 Å². The summed E-state index contributed by atoms with van der Waals surface area (Å²) in [5, 5.41) is 0. The maximum atomic E-state index is 5.67. The van der Waals surface area contributed by atoms with Crippen molar-refractivity contribution in [3.05, 3.63) is 0 Å². The Morgan fingerprint density at radius 3 is 1.30 bits per heavy atom. The Balaban J connectivity index is 0. The van der Waals surface area contributed by atoms with Crippen molar-refractivity contribution in [2.45, 2.75) is 33.5 Å². The van der Waals surface area contributed by atoms with E-state index in [1.807, 2.05) is 13.8 Å². The molecule has 0 aromatic heterocycles. The maximum Gasteiger partial charge on any atom is 0.147 e. The molecule has 1 nitrogen and oxygen atoms in total. The van der Waals surface area contributed by atoms with Gasteiger partial charge in [-0.25, -0.2) is 0 Å². The van der Waals surface area contributed by atoms with Crippen LogP contribution >= 0.6 is 11.1 Å². The topological polar surface area (TPSA) is 9.23 Å². The highest BCUT2D eigenvalue weighted by molar-refractivity contribution is 7.18. The molecule has 0 radical (unpaired) electrons. The van der Waals surface area contributed by atoms with E-state index in [4.69, 9.17) is 15.8 Å². The van der Waals surface area contributed by atoms with Gasteiger partial charge in [0.05, 0.1) is 0 Å². The molecular formula is C7H19ClOSi. The molecule has 0 aliphatic rings. The summed E-state index contributed by atoms with van der Waals surface area (Å²) in [6.07, 6.45) is 0. The molecular weight excluding hydrogens is 164 g/mol. The third-order valence-electron chi connectivity index (χ3n) is 0.408. The van der Waals surface area contributed by atoms with Crippen LogP contribution < -0.4 is 0 Å². The van der Waals surface area contributed by atoms with E-state index in [1.165, 1.54) is 0 Å². The lowest BCUT2D eigenvalue weighted by Gasteiger charge is -1.97. The van der Waals surface area contributed by atoms with E-state index in [1.54, 1.807) is 0 Å². The molecule has 0 heterocycles. The Morgan fingerprint density at radius 1 is 1.10 bits per heavy atom. The van der Waals surface area contributed by atoms with Crippen molar-refractivity contribution in [2.24, 2.45) is 0 Å². The third kappa shape index (κ3) is 77.6. The van der Waals surface area contributed by atoms with Crippen LogP contribution in [0, 0.1) is 0 Å². The largest absolute Gasteiger partial charge is 0.382 e. The highest BCUT2D eigenvalue weighted by Gasteiger charge is 2.04. The summed E-state index contributed by atoms with van der Waals surface area (Å²) in [6.45, 7) is 11.9. The number of ether oxygens (including phenoxy) is 1. The predicted octanol–water partition coefficient (Wildman–Crippen LogP) is 3.10. The van der Waals surface area contributed by atoms with Gasteiger partial charge >= 0.3 is 0 Å². The smallest absolute Gasteiger partial charge is 0.147 e. The molecule has 0 fully saturated rings. The Labute approximate surface area is 70.4 Å². The van der Waals surface area contributed by atoms with Gasteiger partial charge in [0.2, 0.25) is 0 Å². The van der Waals surface area contributed by atoms with E-state index < -0.39 is 7.38 Å². The van der Waals surface area contributed by atoms with Crippen molar-refractivity contribution in [2.75, 3.05) is 13.2 Å². The summed E-state index contributed by atoms with van der Waals surface area (Å²) in [5.41, 5.74) is 0. The molecule has 0 saturated carbocycles. The Hall–Kier alpha value is 0.467. The van der Waals surface area contributed by atoms with E-state index in [-0.39, 0.29) is 0 Å². The monoisotopic (exact) mass is 182 g/mol.